The summed E-state index contributed by atoms with van der Waals surface area (Å²) in [6.07, 6.45) is 4.23. The van der Waals surface area contributed by atoms with Gasteiger partial charge in [-0.05, 0) is 42.9 Å². The highest BCUT2D eigenvalue weighted by Gasteiger charge is 2.17. The highest BCUT2D eigenvalue weighted by atomic mass is 32.1. The molecule has 1 unspecified atom stereocenters. The Kier molecular flexibility index (Phi) is 4.36. The highest BCUT2D eigenvalue weighted by Crippen LogP contribution is 2.30. The standard InChI is InChI=1S/C17H20N2OS/c18-15(9-12-5-2-1-3-6-12)17(20)19-11-14-10-13-7-4-8-16(13)21-14/h1-3,5-6,10,15H,4,7-9,11,18H2,(H,19,20). The third-order valence-corrected chi connectivity index (χ3v) is 5.11. The van der Waals surface area contributed by atoms with Gasteiger partial charge in [0.2, 0.25) is 5.91 Å². The lowest BCUT2D eigenvalue weighted by Crippen LogP contribution is -2.41. The molecule has 21 heavy (non-hydrogen) atoms. The van der Waals surface area contributed by atoms with Crippen molar-refractivity contribution in [1.29, 1.82) is 0 Å². The van der Waals surface area contributed by atoms with Crippen molar-refractivity contribution >= 4 is 17.2 Å². The quantitative estimate of drug-likeness (QED) is 0.891. The Bertz CT molecular complexity index is 599. The maximum absolute atomic E-state index is 12.1. The van der Waals surface area contributed by atoms with Crippen molar-refractivity contribution in [2.45, 2.75) is 38.3 Å². The normalized spacial score (nSPS) is 14.7. The number of fused-ring (bicyclic) bond motifs is 1. The summed E-state index contributed by atoms with van der Waals surface area (Å²) < 4.78 is 0. The van der Waals surface area contributed by atoms with Crippen molar-refractivity contribution in [2.75, 3.05) is 0 Å². The molecule has 0 radical (unpaired) electrons. The molecule has 1 heterocycles. The van der Waals surface area contributed by atoms with Gasteiger partial charge in [-0.15, -0.1) is 11.3 Å². The summed E-state index contributed by atoms with van der Waals surface area (Å²) in [5, 5.41) is 2.95. The van der Waals surface area contributed by atoms with Crippen LogP contribution in [0.4, 0.5) is 0 Å². The molecule has 0 bridgehead atoms. The number of hydrogen-bond acceptors (Lipinski definition) is 3. The largest absolute Gasteiger partial charge is 0.350 e. The van der Waals surface area contributed by atoms with E-state index in [4.69, 9.17) is 5.73 Å². The Balaban J connectivity index is 1.51. The molecule has 1 atom stereocenters. The van der Waals surface area contributed by atoms with E-state index in [0.717, 1.165) is 5.56 Å². The third-order valence-electron chi connectivity index (χ3n) is 3.87. The first-order chi connectivity index (χ1) is 10.2. The third kappa shape index (κ3) is 3.52. The summed E-state index contributed by atoms with van der Waals surface area (Å²) in [4.78, 5) is 14.8. The van der Waals surface area contributed by atoms with E-state index < -0.39 is 6.04 Å². The first-order valence-electron chi connectivity index (χ1n) is 7.40. The molecule has 1 aliphatic carbocycles. The minimum atomic E-state index is -0.487. The summed E-state index contributed by atoms with van der Waals surface area (Å²) in [7, 11) is 0. The van der Waals surface area contributed by atoms with Crippen molar-refractivity contribution in [3.63, 3.8) is 0 Å². The first-order valence-corrected chi connectivity index (χ1v) is 8.21. The number of hydrogen-bond donors (Lipinski definition) is 2. The number of carbonyl (C=O) groups is 1. The summed E-state index contributed by atoms with van der Waals surface area (Å²) in [5.41, 5.74) is 8.54. The Morgan fingerprint density at radius 3 is 2.86 bits per heavy atom. The number of rotatable bonds is 5. The molecule has 1 aliphatic rings. The lowest BCUT2D eigenvalue weighted by Gasteiger charge is -2.11. The number of amides is 1. The van der Waals surface area contributed by atoms with Crippen LogP contribution in [0.25, 0.3) is 0 Å². The van der Waals surface area contributed by atoms with Crippen LogP contribution in [-0.4, -0.2) is 11.9 Å². The van der Waals surface area contributed by atoms with E-state index in [0.29, 0.717) is 13.0 Å². The van der Waals surface area contributed by atoms with Crippen molar-refractivity contribution in [3.8, 4) is 0 Å². The van der Waals surface area contributed by atoms with Gasteiger partial charge in [-0.1, -0.05) is 30.3 Å². The molecule has 0 fully saturated rings. The van der Waals surface area contributed by atoms with Crippen molar-refractivity contribution in [2.24, 2.45) is 5.73 Å². The van der Waals surface area contributed by atoms with Gasteiger partial charge in [0.1, 0.15) is 0 Å². The van der Waals surface area contributed by atoms with E-state index in [-0.39, 0.29) is 5.91 Å². The fraction of sp³-hybridized carbons (Fsp3) is 0.353. The number of carbonyl (C=O) groups excluding carboxylic acids is 1. The average Bonchev–Trinajstić information content (AvgIpc) is 3.06. The van der Waals surface area contributed by atoms with Gasteiger partial charge < -0.3 is 11.1 Å². The summed E-state index contributed by atoms with van der Waals surface area (Å²) in [6, 6.07) is 11.6. The van der Waals surface area contributed by atoms with E-state index in [1.165, 1.54) is 34.6 Å². The van der Waals surface area contributed by atoms with Gasteiger partial charge in [0.15, 0.2) is 0 Å². The number of nitrogens with one attached hydrogen (secondary N) is 1. The molecule has 4 heteroatoms. The zero-order valence-electron chi connectivity index (χ0n) is 12.0. The maximum Gasteiger partial charge on any atom is 0.237 e. The van der Waals surface area contributed by atoms with Crippen LogP contribution in [-0.2, 0) is 30.6 Å². The van der Waals surface area contributed by atoms with Gasteiger partial charge in [-0.25, -0.2) is 0 Å². The number of nitrogens with two attached hydrogens (primary N) is 1. The van der Waals surface area contributed by atoms with E-state index >= 15 is 0 Å². The average molecular weight is 300 g/mol. The Labute approximate surface area is 129 Å². The molecule has 3 N–H and O–H groups in total. The zero-order valence-corrected chi connectivity index (χ0v) is 12.8. The molecule has 0 saturated carbocycles. The lowest BCUT2D eigenvalue weighted by atomic mass is 10.1. The Morgan fingerprint density at radius 2 is 2.10 bits per heavy atom. The molecule has 1 aromatic heterocycles. The SMILES string of the molecule is NC(Cc1ccccc1)C(=O)NCc1cc2c(s1)CCC2. The van der Waals surface area contributed by atoms with E-state index in [1.54, 1.807) is 0 Å². The van der Waals surface area contributed by atoms with Crippen molar-refractivity contribution < 1.29 is 4.79 Å². The van der Waals surface area contributed by atoms with Gasteiger partial charge in [0, 0.05) is 9.75 Å². The highest BCUT2D eigenvalue weighted by molar-refractivity contribution is 7.12. The lowest BCUT2D eigenvalue weighted by molar-refractivity contribution is -0.122. The van der Waals surface area contributed by atoms with Gasteiger partial charge in [-0.2, -0.15) is 0 Å². The summed E-state index contributed by atoms with van der Waals surface area (Å²) in [6.45, 7) is 0.596. The molecule has 1 amide bonds. The van der Waals surface area contributed by atoms with Gasteiger partial charge >= 0.3 is 0 Å². The molecule has 1 aromatic carbocycles. The van der Waals surface area contributed by atoms with E-state index in [9.17, 15) is 4.79 Å². The zero-order chi connectivity index (χ0) is 14.7. The predicted molar refractivity (Wildman–Crippen MR) is 86.3 cm³/mol. The Hall–Kier alpha value is -1.65. The van der Waals surface area contributed by atoms with E-state index in [2.05, 4.69) is 11.4 Å². The van der Waals surface area contributed by atoms with Gasteiger partial charge in [0.05, 0.1) is 12.6 Å². The van der Waals surface area contributed by atoms with E-state index in [1.807, 2.05) is 41.7 Å². The second kappa shape index (κ2) is 6.41. The monoisotopic (exact) mass is 300 g/mol. The van der Waals surface area contributed by atoms with Crippen molar-refractivity contribution in [1.82, 2.24) is 5.32 Å². The molecule has 0 spiro atoms. The number of benzene rings is 1. The maximum atomic E-state index is 12.1. The van der Waals surface area contributed by atoms with Crippen LogP contribution in [0.3, 0.4) is 0 Å². The molecule has 2 aromatic rings. The Morgan fingerprint density at radius 1 is 1.29 bits per heavy atom. The fourth-order valence-electron chi connectivity index (χ4n) is 2.74. The topological polar surface area (TPSA) is 55.1 Å². The number of thiophene rings is 1. The first kappa shape index (κ1) is 14.3. The summed E-state index contributed by atoms with van der Waals surface area (Å²) in [5.74, 6) is -0.0765. The molecule has 3 nitrogen and oxygen atoms in total. The molecule has 0 aliphatic heterocycles. The molecular weight excluding hydrogens is 280 g/mol. The fourth-order valence-corrected chi connectivity index (χ4v) is 3.94. The van der Waals surface area contributed by atoms with Crippen molar-refractivity contribution in [3.05, 3.63) is 57.3 Å². The van der Waals surface area contributed by atoms with Crippen LogP contribution in [0.1, 0.15) is 27.3 Å². The van der Waals surface area contributed by atoms with Crippen LogP contribution in [0.2, 0.25) is 0 Å². The molecule has 110 valence electrons. The van der Waals surface area contributed by atoms with Crippen LogP contribution in [0.5, 0.6) is 0 Å². The molecule has 3 rings (SSSR count). The minimum Gasteiger partial charge on any atom is -0.350 e. The van der Waals surface area contributed by atoms with Crippen LogP contribution in [0.15, 0.2) is 36.4 Å². The number of aryl methyl sites for hydroxylation is 2. The molecule has 0 saturated heterocycles. The van der Waals surface area contributed by atoms with Crippen LogP contribution < -0.4 is 11.1 Å². The molecular formula is C17H20N2OS. The smallest absolute Gasteiger partial charge is 0.237 e. The van der Waals surface area contributed by atoms with Crippen LogP contribution >= 0.6 is 11.3 Å². The minimum absolute atomic E-state index is 0.0765. The van der Waals surface area contributed by atoms with Gasteiger partial charge in [-0.3, -0.25) is 4.79 Å². The van der Waals surface area contributed by atoms with Gasteiger partial charge in [0.25, 0.3) is 0 Å². The second-order valence-electron chi connectivity index (χ2n) is 5.53. The van der Waals surface area contributed by atoms with Crippen LogP contribution in [0, 0.1) is 0 Å². The predicted octanol–water partition coefficient (Wildman–Crippen LogP) is 2.42. The summed E-state index contributed by atoms with van der Waals surface area (Å²) >= 11 is 1.82. The second-order valence-corrected chi connectivity index (χ2v) is 6.75.